The normalized spacial score (nSPS) is 14.3. The van der Waals surface area contributed by atoms with Crippen molar-refractivity contribution in [2.75, 3.05) is 4.90 Å². The maximum atomic E-state index is 6.52. The minimum Gasteiger partial charge on any atom is -0.456 e. The Kier molecular flexibility index (Phi) is 7.31. The molecule has 2 aromatic heterocycles. The lowest BCUT2D eigenvalue weighted by molar-refractivity contribution is 0.669. The first-order valence-corrected chi connectivity index (χ1v) is 19.0. The van der Waals surface area contributed by atoms with Gasteiger partial charge >= 0.3 is 0 Å². The predicted octanol–water partition coefficient (Wildman–Crippen LogP) is 14.3. The van der Waals surface area contributed by atoms with Gasteiger partial charge in [0.25, 0.3) is 0 Å². The van der Waals surface area contributed by atoms with Gasteiger partial charge in [-0.2, -0.15) is 0 Å². The molecular formula is C52H36N2O. The Morgan fingerprint density at radius 1 is 0.527 bits per heavy atom. The first-order valence-electron chi connectivity index (χ1n) is 19.0. The molecule has 1 atom stereocenters. The molecule has 1 unspecified atom stereocenters. The van der Waals surface area contributed by atoms with Crippen molar-refractivity contribution in [1.82, 2.24) is 4.57 Å². The highest BCUT2D eigenvalue weighted by Gasteiger charge is 2.24. The quantitative estimate of drug-likeness (QED) is 0.172. The Balaban J connectivity index is 1.03. The van der Waals surface area contributed by atoms with Gasteiger partial charge in [-0.15, -0.1) is 0 Å². The van der Waals surface area contributed by atoms with E-state index in [-0.39, 0.29) is 5.92 Å². The number of hydrogen-bond acceptors (Lipinski definition) is 2. The Morgan fingerprint density at radius 3 is 1.96 bits per heavy atom. The fourth-order valence-electron chi connectivity index (χ4n) is 8.83. The average molecular weight is 705 g/mol. The zero-order valence-electron chi connectivity index (χ0n) is 30.1. The van der Waals surface area contributed by atoms with Crippen molar-refractivity contribution in [2.45, 2.75) is 12.3 Å². The Morgan fingerprint density at radius 2 is 1.18 bits per heavy atom. The summed E-state index contributed by atoms with van der Waals surface area (Å²) in [6.45, 7) is 0. The van der Waals surface area contributed by atoms with E-state index in [9.17, 15) is 0 Å². The molecule has 0 bridgehead atoms. The molecule has 11 rings (SSSR count). The van der Waals surface area contributed by atoms with Crippen molar-refractivity contribution in [3.8, 4) is 16.8 Å². The molecule has 10 aromatic rings. The van der Waals surface area contributed by atoms with Crippen molar-refractivity contribution < 1.29 is 4.42 Å². The summed E-state index contributed by atoms with van der Waals surface area (Å²) in [7, 11) is 0. The van der Waals surface area contributed by atoms with Crippen molar-refractivity contribution >= 4 is 65.9 Å². The minimum absolute atomic E-state index is 0.216. The van der Waals surface area contributed by atoms with E-state index in [4.69, 9.17) is 4.42 Å². The monoisotopic (exact) mass is 704 g/mol. The maximum Gasteiger partial charge on any atom is 0.136 e. The second-order valence-corrected chi connectivity index (χ2v) is 14.4. The summed E-state index contributed by atoms with van der Waals surface area (Å²) < 4.78 is 8.97. The summed E-state index contributed by atoms with van der Waals surface area (Å²) >= 11 is 0. The SMILES string of the molecule is C1=CC(c2ccccc2-n2c3ccccc3c3ccccc32)CC=C1N(c1ccccc1)c1ccccc1-c1cccc2oc3cc4ccccc4cc3c12. The van der Waals surface area contributed by atoms with Crippen molar-refractivity contribution in [2.24, 2.45) is 0 Å². The standard InChI is InChI=1S/C52H36N2O/c1-2-17-38(18-3-1)53(47-25-11-9-22-43(47)44-23-14-28-50-52(44)45-33-36-15-4-5-16-37(36)34-51(45)55-50)39-31-29-35(30-32-39)40-19-6-10-24-46(40)54-48-26-12-7-20-41(48)42-21-8-13-27-49(42)54/h1-29,31-35H,30H2. The average Bonchev–Trinajstić information content (AvgIpc) is 3.79. The van der Waals surface area contributed by atoms with E-state index in [2.05, 4.69) is 210 Å². The van der Waals surface area contributed by atoms with Gasteiger partial charge in [0.15, 0.2) is 0 Å². The molecule has 1 aliphatic carbocycles. The summed E-state index contributed by atoms with van der Waals surface area (Å²) in [6.07, 6.45) is 8.01. The van der Waals surface area contributed by atoms with Crippen molar-refractivity contribution in [3.63, 3.8) is 0 Å². The van der Waals surface area contributed by atoms with Crippen LogP contribution in [0.3, 0.4) is 0 Å². The smallest absolute Gasteiger partial charge is 0.136 e. The first kappa shape index (κ1) is 31.4. The number of aromatic nitrogens is 1. The number of benzene rings is 8. The van der Waals surface area contributed by atoms with Crippen LogP contribution < -0.4 is 4.90 Å². The molecule has 1 aliphatic rings. The second-order valence-electron chi connectivity index (χ2n) is 14.4. The lowest BCUT2D eigenvalue weighted by Gasteiger charge is -2.31. The Bertz CT molecular complexity index is 3090. The summed E-state index contributed by atoms with van der Waals surface area (Å²) in [5, 5.41) is 7.21. The fourth-order valence-corrected chi connectivity index (χ4v) is 8.83. The fraction of sp³-hybridized carbons (Fsp3) is 0.0385. The Hall–Kier alpha value is -7.10. The van der Waals surface area contributed by atoms with Crippen molar-refractivity contribution in [1.29, 1.82) is 0 Å². The van der Waals surface area contributed by atoms with Gasteiger partial charge in [0.05, 0.1) is 16.7 Å². The molecular weight excluding hydrogens is 669 g/mol. The van der Waals surface area contributed by atoms with Crippen LogP contribution in [0.15, 0.2) is 210 Å². The molecule has 0 amide bonds. The number of hydrogen-bond donors (Lipinski definition) is 0. The topological polar surface area (TPSA) is 21.3 Å². The number of rotatable bonds is 6. The molecule has 0 spiro atoms. The number of anilines is 2. The third-order valence-electron chi connectivity index (χ3n) is 11.3. The van der Waals surface area contributed by atoms with Gasteiger partial charge in [-0.25, -0.2) is 0 Å². The van der Waals surface area contributed by atoms with Crippen LogP contribution in [0.2, 0.25) is 0 Å². The van der Waals surface area contributed by atoms with Gasteiger partial charge in [0.1, 0.15) is 11.2 Å². The van der Waals surface area contributed by atoms with Crippen LogP contribution >= 0.6 is 0 Å². The highest BCUT2D eigenvalue weighted by Crippen LogP contribution is 2.45. The summed E-state index contributed by atoms with van der Waals surface area (Å²) in [6, 6.07) is 65.3. The zero-order valence-corrected chi connectivity index (χ0v) is 30.1. The van der Waals surface area contributed by atoms with Gasteiger partial charge in [-0.05, 0) is 89.0 Å². The second kappa shape index (κ2) is 12.8. The van der Waals surface area contributed by atoms with E-state index >= 15 is 0 Å². The van der Waals surface area contributed by atoms with E-state index in [1.807, 2.05) is 0 Å². The third-order valence-corrected chi connectivity index (χ3v) is 11.3. The number of furan rings is 1. The number of para-hydroxylation sites is 5. The number of allylic oxidation sites excluding steroid dienone is 3. The van der Waals surface area contributed by atoms with Crippen LogP contribution in [0.4, 0.5) is 11.4 Å². The highest BCUT2D eigenvalue weighted by molar-refractivity contribution is 6.16. The van der Waals surface area contributed by atoms with Gasteiger partial charge < -0.3 is 13.9 Å². The van der Waals surface area contributed by atoms with Gasteiger partial charge in [0, 0.05) is 50.1 Å². The van der Waals surface area contributed by atoms with Crippen molar-refractivity contribution in [3.05, 3.63) is 211 Å². The van der Waals surface area contributed by atoms with E-state index in [0.29, 0.717) is 0 Å². The molecule has 0 radical (unpaired) electrons. The molecule has 8 aromatic carbocycles. The number of fused-ring (bicyclic) bond motifs is 7. The van der Waals surface area contributed by atoms with Crippen LogP contribution in [0.1, 0.15) is 17.9 Å². The molecule has 0 fully saturated rings. The van der Waals surface area contributed by atoms with E-state index in [0.717, 1.165) is 56.6 Å². The molecule has 0 aliphatic heterocycles. The molecule has 3 heteroatoms. The molecule has 0 saturated heterocycles. The molecule has 3 nitrogen and oxygen atoms in total. The minimum atomic E-state index is 0.216. The molecule has 260 valence electrons. The van der Waals surface area contributed by atoms with Crippen LogP contribution in [0.25, 0.3) is 71.3 Å². The van der Waals surface area contributed by atoms with Crippen LogP contribution in [-0.2, 0) is 0 Å². The molecule has 55 heavy (non-hydrogen) atoms. The first-order chi connectivity index (χ1) is 27.3. The zero-order chi connectivity index (χ0) is 36.3. The van der Waals surface area contributed by atoms with Gasteiger partial charge in [-0.3, -0.25) is 0 Å². The van der Waals surface area contributed by atoms with E-state index in [1.165, 1.54) is 43.8 Å². The summed E-state index contributed by atoms with van der Waals surface area (Å²) in [5.74, 6) is 0.216. The predicted molar refractivity (Wildman–Crippen MR) is 231 cm³/mol. The lowest BCUT2D eigenvalue weighted by atomic mass is 9.89. The van der Waals surface area contributed by atoms with Crippen LogP contribution in [0, 0.1) is 0 Å². The molecule has 2 heterocycles. The van der Waals surface area contributed by atoms with Gasteiger partial charge in [0.2, 0.25) is 0 Å². The largest absolute Gasteiger partial charge is 0.456 e. The summed E-state index contributed by atoms with van der Waals surface area (Å²) in [4.78, 5) is 2.41. The maximum absolute atomic E-state index is 6.52. The summed E-state index contributed by atoms with van der Waals surface area (Å²) in [5.41, 5.74) is 12.5. The third kappa shape index (κ3) is 5.12. The Labute approximate surface area is 319 Å². The highest BCUT2D eigenvalue weighted by atomic mass is 16.3. The molecule has 0 saturated carbocycles. The van der Waals surface area contributed by atoms with E-state index < -0.39 is 0 Å². The lowest BCUT2D eigenvalue weighted by Crippen LogP contribution is -2.18. The van der Waals surface area contributed by atoms with Crippen LogP contribution in [0.5, 0.6) is 0 Å². The van der Waals surface area contributed by atoms with Gasteiger partial charge in [-0.1, -0.05) is 140 Å². The number of nitrogens with zero attached hydrogens (tertiary/aromatic N) is 2. The molecule has 0 N–H and O–H groups in total. The van der Waals surface area contributed by atoms with Crippen LogP contribution in [-0.4, -0.2) is 4.57 Å². The van der Waals surface area contributed by atoms with E-state index in [1.54, 1.807) is 0 Å².